The zero-order valence-corrected chi connectivity index (χ0v) is 18.3. The number of aryl methyl sites for hydroxylation is 1. The van der Waals surface area contributed by atoms with Gasteiger partial charge in [0.25, 0.3) is 11.8 Å². The van der Waals surface area contributed by atoms with Crippen molar-refractivity contribution in [3.63, 3.8) is 0 Å². The highest BCUT2D eigenvalue weighted by molar-refractivity contribution is 6.46. The Morgan fingerprint density at radius 1 is 0.818 bits per heavy atom. The molecule has 2 aliphatic heterocycles. The first-order chi connectivity index (χ1) is 16.0. The van der Waals surface area contributed by atoms with Gasteiger partial charge in [0, 0.05) is 24.5 Å². The van der Waals surface area contributed by atoms with Gasteiger partial charge in [0.15, 0.2) is 0 Å². The third-order valence-electron chi connectivity index (χ3n) is 6.18. The van der Waals surface area contributed by atoms with Crippen LogP contribution in [0.3, 0.4) is 0 Å². The molecular formula is C27H24FN3O2. The molecule has 1 fully saturated rings. The molecule has 166 valence electrons. The molecule has 0 saturated carbocycles. The molecule has 0 bridgehead atoms. The second kappa shape index (κ2) is 8.54. The van der Waals surface area contributed by atoms with E-state index in [2.05, 4.69) is 10.2 Å². The summed E-state index contributed by atoms with van der Waals surface area (Å²) in [6.45, 7) is 3.95. The smallest absolute Gasteiger partial charge is 0.282 e. The number of nitrogens with one attached hydrogen (secondary N) is 1. The molecule has 33 heavy (non-hydrogen) atoms. The van der Waals surface area contributed by atoms with Crippen LogP contribution in [0.25, 0.3) is 5.57 Å². The van der Waals surface area contributed by atoms with E-state index < -0.39 is 17.6 Å². The van der Waals surface area contributed by atoms with Gasteiger partial charge < -0.3 is 10.2 Å². The molecule has 3 aromatic rings. The van der Waals surface area contributed by atoms with Gasteiger partial charge in [-0.25, -0.2) is 9.29 Å². The predicted molar refractivity (Wildman–Crippen MR) is 129 cm³/mol. The van der Waals surface area contributed by atoms with E-state index in [-0.39, 0.29) is 11.3 Å². The molecule has 0 spiro atoms. The van der Waals surface area contributed by atoms with Gasteiger partial charge in [0.1, 0.15) is 11.5 Å². The number of anilines is 3. The molecule has 3 aromatic carbocycles. The molecule has 5 nitrogen and oxygen atoms in total. The van der Waals surface area contributed by atoms with Crippen molar-refractivity contribution in [3.05, 3.63) is 95.4 Å². The van der Waals surface area contributed by atoms with Gasteiger partial charge in [-0.05, 0) is 73.4 Å². The second-order valence-corrected chi connectivity index (χ2v) is 8.36. The third kappa shape index (κ3) is 3.89. The fraction of sp³-hybridized carbons (Fsp3) is 0.185. The number of benzene rings is 3. The van der Waals surface area contributed by atoms with E-state index in [0.29, 0.717) is 16.9 Å². The van der Waals surface area contributed by atoms with Gasteiger partial charge in [-0.2, -0.15) is 0 Å². The molecule has 2 heterocycles. The minimum absolute atomic E-state index is 0.184. The van der Waals surface area contributed by atoms with Crippen molar-refractivity contribution in [2.75, 3.05) is 28.2 Å². The lowest BCUT2D eigenvalue weighted by molar-refractivity contribution is -0.120. The third-order valence-corrected chi connectivity index (χ3v) is 6.18. The first-order valence-corrected chi connectivity index (χ1v) is 11.1. The minimum Gasteiger partial charge on any atom is -0.372 e. The number of amides is 2. The van der Waals surface area contributed by atoms with Crippen LogP contribution >= 0.6 is 0 Å². The van der Waals surface area contributed by atoms with Crippen LogP contribution in [0, 0.1) is 12.7 Å². The molecular weight excluding hydrogens is 417 g/mol. The number of carbonyl (C=O) groups excluding carboxylic acids is 2. The Balaban J connectivity index is 1.53. The molecule has 5 rings (SSSR count). The zero-order chi connectivity index (χ0) is 22.9. The highest BCUT2D eigenvalue weighted by Gasteiger charge is 2.40. The molecule has 0 aromatic heterocycles. The van der Waals surface area contributed by atoms with E-state index in [1.54, 1.807) is 12.1 Å². The van der Waals surface area contributed by atoms with Crippen molar-refractivity contribution < 1.29 is 14.0 Å². The average molecular weight is 442 g/mol. The van der Waals surface area contributed by atoms with Gasteiger partial charge in [-0.3, -0.25) is 9.59 Å². The summed E-state index contributed by atoms with van der Waals surface area (Å²) in [6.07, 6.45) is 2.39. The van der Waals surface area contributed by atoms with E-state index in [9.17, 15) is 14.0 Å². The van der Waals surface area contributed by atoms with E-state index in [1.807, 2.05) is 43.3 Å². The SMILES string of the molecule is Cc1ccccc1N1C(=O)C(Nc2ccc(N3CCCC3)cc2)=C(c2ccc(F)cc2)C1=O. The Labute approximate surface area is 192 Å². The van der Waals surface area contributed by atoms with Crippen LogP contribution in [0.15, 0.2) is 78.5 Å². The van der Waals surface area contributed by atoms with Crippen LogP contribution in [0.5, 0.6) is 0 Å². The topological polar surface area (TPSA) is 52.7 Å². The average Bonchev–Trinajstić information content (AvgIpc) is 3.44. The lowest BCUT2D eigenvalue weighted by atomic mass is 10.0. The van der Waals surface area contributed by atoms with Crippen LogP contribution in [0.2, 0.25) is 0 Å². The minimum atomic E-state index is -0.433. The number of halogens is 1. The number of hydrogen-bond acceptors (Lipinski definition) is 4. The quantitative estimate of drug-likeness (QED) is 0.558. The molecule has 0 unspecified atom stereocenters. The van der Waals surface area contributed by atoms with E-state index in [0.717, 1.165) is 24.3 Å². The lowest BCUT2D eigenvalue weighted by Crippen LogP contribution is -2.33. The maximum absolute atomic E-state index is 13.6. The Morgan fingerprint density at radius 3 is 2.15 bits per heavy atom. The first-order valence-electron chi connectivity index (χ1n) is 11.1. The van der Waals surface area contributed by atoms with Crippen molar-refractivity contribution >= 4 is 34.4 Å². The fourth-order valence-corrected chi connectivity index (χ4v) is 4.44. The summed E-state index contributed by atoms with van der Waals surface area (Å²) < 4.78 is 13.6. The number of imide groups is 1. The van der Waals surface area contributed by atoms with Crippen molar-refractivity contribution in [2.24, 2.45) is 0 Å². The fourth-order valence-electron chi connectivity index (χ4n) is 4.44. The van der Waals surface area contributed by atoms with Crippen LogP contribution in [0.4, 0.5) is 21.5 Å². The van der Waals surface area contributed by atoms with Crippen molar-refractivity contribution in [2.45, 2.75) is 19.8 Å². The van der Waals surface area contributed by atoms with Crippen molar-refractivity contribution in [3.8, 4) is 0 Å². The molecule has 0 radical (unpaired) electrons. The predicted octanol–water partition coefficient (Wildman–Crippen LogP) is 5.13. The maximum Gasteiger partial charge on any atom is 0.282 e. The molecule has 2 aliphatic rings. The normalized spacial score (nSPS) is 16.2. The van der Waals surface area contributed by atoms with E-state index in [1.165, 1.54) is 42.0 Å². The molecule has 6 heteroatoms. The van der Waals surface area contributed by atoms with Crippen LogP contribution in [-0.2, 0) is 9.59 Å². The second-order valence-electron chi connectivity index (χ2n) is 8.36. The number of hydrogen-bond donors (Lipinski definition) is 1. The van der Waals surface area contributed by atoms with Gasteiger partial charge in [0.2, 0.25) is 0 Å². The van der Waals surface area contributed by atoms with Crippen LogP contribution < -0.4 is 15.1 Å². The number of carbonyl (C=O) groups is 2. The zero-order valence-electron chi connectivity index (χ0n) is 18.3. The van der Waals surface area contributed by atoms with Crippen molar-refractivity contribution in [1.29, 1.82) is 0 Å². The van der Waals surface area contributed by atoms with Crippen LogP contribution in [-0.4, -0.2) is 24.9 Å². The van der Waals surface area contributed by atoms with Gasteiger partial charge in [-0.1, -0.05) is 30.3 Å². The molecule has 1 N–H and O–H groups in total. The number of nitrogens with zero attached hydrogens (tertiary/aromatic N) is 2. The largest absolute Gasteiger partial charge is 0.372 e. The van der Waals surface area contributed by atoms with E-state index >= 15 is 0 Å². The summed E-state index contributed by atoms with van der Waals surface area (Å²) >= 11 is 0. The Morgan fingerprint density at radius 2 is 1.48 bits per heavy atom. The summed E-state index contributed by atoms with van der Waals surface area (Å²) in [5, 5.41) is 3.18. The Kier molecular flexibility index (Phi) is 5.42. The maximum atomic E-state index is 13.6. The first kappa shape index (κ1) is 20.9. The van der Waals surface area contributed by atoms with Crippen LogP contribution in [0.1, 0.15) is 24.0 Å². The summed E-state index contributed by atoms with van der Waals surface area (Å²) in [4.78, 5) is 30.5. The molecule has 1 saturated heterocycles. The van der Waals surface area contributed by atoms with E-state index in [4.69, 9.17) is 0 Å². The van der Waals surface area contributed by atoms with Gasteiger partial charge >= 0.3 is 0 Å². The Bertz CT molecular complexity index is 1240. The Hall–Kier alpha value is -3.93. The highest BCUT2D eigenvalue weighted by Crippen LogP contribution is 2.35. The van der Waals surface area contributed by atoms with Gasteiger partial charge in [0.05, 0.1) is 11.3 Å². The lowest BCUT2D eigenvalue weighted by Gasteiger charge is -2.19. The monoisotopic (exact) mass is 441 g/mol. The number of rotatable bonds is 5. The molecule has 0 aliphatic carbocycles. The highest BCUT2D eigenvalue weighted by atomic mass is 19.1. The van der Waals surface area contributed by atoms with Crippen molar-refractivity contribution in [1.82, 2.24) is 0 Å². The molecule has 2 amide bonds. The summed E-state index contributed by atoms with van der Waals surface area (Å²) in [7, 11) is 0. The van der Waals surface area contributed by atoms with Gasteiger partial charge in [-0.15, -0.1) is 0 Å². The summed E-state index contributed by atoms with van der Waals surface area (Å²) in [6, 6.07) is 20.8. The number of para-hydroxylation sites is 1. The molecule has 0 atom stereocenters. The summed E-state index contributed by atoms with van der Waals surface area (Å²) in [5.74, 6) is -1.27. The standard InChI is InChI=1S/C27H24FN3O2/c1-18-6-2-3-7-23(18)31-26(32)24(19-8-10-20(28)11-9-19)25(27(31)33)29-21-12-14-22(15-13-21)30-16-4-5-17-30/h2-3,6-15,29H,4-5,16-17H2,1H3. The summed E-state index contributed by atoms with van der Waals surface area (Å²) in [5.41, 5.74) is 4.10.